The molecular weight excluding hydrogens is 239 g/mol. The third-order valence-electron chi connectivity index (χ3n) is 4.50. The monoisotopic (exact) mass is 258 g/mol. The molecule has 4 heteroatoms. The van der Waals surface area contributed by atoms with Gasteiger partial charge in [0.25, 0.3) is 0 Å². The summed E-state index contributed by atoms with van der Waals surface area (Å²) in [6.07, 6.45) is 0.690. The lowest BCUT2D eigenvalue weighted by molar-refractivity contribution is -0.110. The summed E-state index contributed by atoms with van der Waals surface area (Å²) in [5.41, 5.74) is 1.48. The lowest BCUT2D eigenvalue weighted by Crippen LogP contribution is -2.41. The smallest absolute Gasteiger partial charge is 0.399 e. The van der Waals surface area contributed by atoms with Crippen LogP contribution in [0, 0.1) is 0 Å². The summed E-state index contributed by atoms with van der Waals surface area (Å²) < 4.78 is 12.0. The van der Waals surface area contributed by atoms with Gasteiger partial charge in [-0.2, -0.15) is 0 Å². The molecule has 0 spiro atoms. The maximum Gasteiger partial charge on any atom is 0.494 e. The SMILES string of the molecule is CC1(C)OB(c2ccc(C3CC3=O)cc2)OC1(C)C. The molecule has 1 atom stereocenters. The first kappa shape index (κ1) is 12.9. The van der Waals surface area contributed by atoms with E-state index < -0.39 is 0 Å². The second-order valence-corrected chi connectivity index (χ2v) is 6.48. The van der Waals surface area contributed by atoms with Crippen molar-refractivity contribution in [3.63, 3.8) is 0 Å². The molecule has 1 aromatic carbocycles. The summed E-state index contributed by atoms with van der Waals surface area (Å²) in [5, 5.41) is 0. The molecular formula is C15H19BO3. The fourth-order valence-corrected chi connectivity index (χ4v) is 2.31. The number of carbonyl (C=O) groups is 1. The van der Waals surface area contributed by atoms with E-state index in [2.05, 4.69) is 0 Å². The highest BCUT2D eigenvalue weighted by molar-refractivity contribution is 6.62. The van der Waals surface area contributed by atoms with Crippen LogP contribution in [0.25, 0.3) is 0 Å². The number of hydrogen-bond donors (Lipinski definition) is 0. The van der Waals surface area contributed by atoms with Crippen LogP contribution in [0.3, 0.4) is 0 Å². The van der Waals surface area contributed by atoms with Gasteiger partial charge < -0.3 is 9.31 Å². The highest BCUT2D eigenvalue weighted by atomic mass is 16.7. The summed E-state index contributed by atoms with van der Waals surface area (Å²) in [7, 11) is -0.325. The van der Waals surface area contributed by atoms with Crippen LogP contribution in [0.5, 0.6) is 0 Å². The summed E-state index contributed by atoms with van der Waals surface area (Å²) in [6.45, 7) is 8.18. The van der Waals surface area contributed by atoms with E-state index >= 15 is 0 Å². The summed E-state index contributed by atoms with van der Waals surface area (Å²) in [6, 6.07) is 8.03. The molecule has 0 N–H and O–H groups in total. The molecule has 2 fully saturated rings. The van der Waals surface area contributed by atoms with E-state index in [0.29, 0.717) is 12.2 Å². The second kappa shape index (κ2) is 3.93. The Balaban J connectivity index is 1.79. The molecule has 0 radical (unpaired) electrons. The molecule has 1 saturated heterocycles. The van der Waals surface area contributed by atoms with Crippen LogP contribution in [-0.2, 0) is 14.1 Å². The van der Waals surface area contributed by atoms with Crippen molar-refractivity contribution in [2.24, 2.45) is 0 Å². The topological polar surface area (TPSA) is 35.5 Å². The number of ketones is 1. The van der Waals surface area contributed by atoms with Gasteiger partial charge in [-0.05, 0) is 38.7 Å². The average Bonchev–Trinajstić information content (AvgIpc) is 2.99. The van der Waals surface area contributed by atoms with Gasteiger partial charge in [-0.25, -0.2) is 0 Å². The minimum absolute atomic E-state index is 0.132. The summed E-state index contributed by atoms with van der Waals surface area (Å²) in [4.78, 5) is 11.1. The van der Waals surface area contributed by atoms with Gasteiger partial charge in [0.15, 0.2) is 0 Å². The second-order valence-electron chi connectivity index (χ2n) is 6.48. The van der Waals surface area contributed by atoms with Crippen molar-refractivity contribution in [3.05, 3.63) is 29.8 Å². The molecule has 100 valence electrons. The van der Waals surface area contributed by atoms with E-state index in [-0.39, 0.29) is 24.2 Å². The molecule has 1 aliphatic heterocycles. The lowest BCUT2D eigenvalue weighted by Gasteiger charge is -2.32. The first-order valence-corrected chi connectivity index (χ1v) is 6.78. The number of benzene rings is 1. The van der Waals surface area contributed by atoms with E-state index in [1.165, 1.54) is 0 Å². The van der Waals surface area contributed by atoms with E-state index in [0.717, 1.165) is 11.0 Å². The summed E-state index contributed by atoms with van der Waals surface area (Å²) >= 11 is 0. The van der Waals surface area contributed by atoms with Gasteiger partial charge >= 0.3 is 7.12 Å². The molecule has 1 saturated carbocycles. The number of Topliss-reactive ketones (excluding diaryl/α,β-unsaturated/α-hetero) is 1. The first-order chi connectivity index (χ1) is 8.80. The van der Waals surface area contributed by atoms with Crippen molar-refractivity contribution in [1.29, 1.82) is 0 Å². The zero-order chi connectivity index (χ0) is 13.8. The Morgan fingerprint density at radius 3 is 1.95 bits per heavy atom. The Kier molecular flexibility index (Phi) is 2.67. The van der Waals surface area contributed by atoms with Crippen LogP contribution in [0.4, 0.5) is 0 Å². The predicted molar refractivity (Wildman–Crippen MR) is 74.5 cm³/mol. The van der Waals surface area contributed by atoms with Crippen LogP contribution in [-0.4, -0.2) is 24.1 Å². The Hall–Kier alpha value is -1.13. The van der Waals surface area contributed by atoms with Crippen molar-refractivity contribution < 1.29 is 14.1 Å². The molecule has 0 amide bonds. The van der Waals surface area contributed by atoms with Crippen LogP contribution in [0.1, 0.15) is 45.6 Å². The van der Waals surface area contributed by atoms with E-state index in [1.807, 2.05) is 52.0 Å². The van der Waals surface area contributed by atoms with Crippen LogP contribution in [0.15, 0.2) is 24.3 Å². The van der Waals surface area contributed by atoms with Crippen LogP contribution in [0.2, 0.25) is 0 Å². The van der Waals surface area contributed by atoms with Crippen molar-refractivity contribution in [2.75, 3.05) is 0 Å². The quantitative estimate of drug-likeness (QED) is 0.761. The van der Waals surface area contributed by atoms with Gasteiger partial charge in [0.2, 0.25) is 0 Å². The van der Waals surface area contributed by atoms with Gasteiger partial charge in [0, 0.05) is 12.3 Å². The Morgan fingerprint density at radius 1 is 1.05 bits per heavy atom. The molecule has 0 aromatic heterocycles. The molecule has 3 rings (SSSR count). The van der Waals surface area contributed by atoms with Crippen molar-refractivity contribution in [3.8, 4) is 0 Å². The number of hydrogen-bond acceptors (Lipinski definition) is 3. The molecule has 1 heterocycles. The third kappa shape index (κ3) is 2.13. The molecule has 0 bridgehead atoms. The zero-order valence-corrected chi connectivity index (χ0v) is 11.9. The van der Waals surface area contributed by atoms with Crippen LogP contribution >= 0.6 is 0 Å². The third-order valence-corrected chi connectivity index (χ3v) is 4.50. The Morgan fingerprint density at radius 2 is 1.53 bits per heavy atom. The molecule has 1 aliphatic carbocycles. The van der Waals surface area contributed by atoms with Crippen molar-refractivity contribution in [2.45, 2.75) is 51.2 Å². The average molecular weight is 258 g/mol. The largest absolute Gasteiger partial charge is 0.494 e. The molecule has 2 aliphatic rings. The van der Waals surface area contributed by atoms with E-state index in [1.54, 1.807) is 0 Å². The minimum atomic E-state index is -0.325. The molecule has 1 unspecified atom stereocenters. The minimum Gasteiger partial charge on any atom is -0.399 e. The highest BCUT2D eigenvalue weighted by Gasteiger charge is 2.51. The van der Waals surface area contributed by atoms with Gasteiger partial charge in [-0.15, -0.1) is 0 Å². The van der Waals surface area contributed by atoms with Crippen molar-refractivity contribution >= 4 is 18.4 Å². The molecule has 1 aromatic rings. The van der Waals surface area contributed by atoms with Crippen LogP contribution < -0.4 is 5.46 Å². The van der Waals surface area contributed by atoms with E-state index in [9.17, 15) is 4.79 Å². The standard InChI is InChI=1S/C15H19BO3/c1-14(2)15(3,4)19-16(18-14)11-7-5-10(6-8-11)12-9-13(12)17/h5-8,12H,9H2,1-4H3. The molecule has 19 heavy (non-hydrogen) atoms. The summed E-state index contributed by atoms with van der Waals surface area (Å²) in [5.74, 6) is 0.468. The predicted octanol–water partition coefficient (Wildman–Crippen LogP) is 2.04. The van der Waals surface area contributed by atoms with Gasteiger partial charge in [-0.3, -0.25) is 4.79 Å². The van der Waals surface area contributed by atoms with Gasteiger partial charge in [-0.1, -0.05) is 24.3 Å². The van der Waals surface area contributed by atoms with Gasteiger partial charge in [0.05, 0.1) is 11.2 Å². The first-order valence-electron chi connectivity index (χ1n) is 6.78. The maximum atomic E-state index is 11.1. The number of carbonyl (C=O) groups excluding carboxylic acids is 1. The maximum absolute atomic E-state index is 11.1. The van der Waals surface area contributed by atoms with Crippen molar-refractivity contribution in [1.82, 2.24) is 0 Å². The lowest BCUT2D eigenvalue weighted by atomic mass is 9.78. The zero-order valence-electron chi connectivity index (χ0n) is 11.9. The molecule has 3 nitrogen and oxygen atoms in total. The fourth-order valence-electron chi connectivity index (χ4n) is 2.31. The number of rotatable bonds is 2. The van der Waals surface area contributed by atoms with Gasteiger partial charge in [0.1, 0.15) is 5.78 Å². The Labute approximate surface area is 114 Å². The Bertz CT molecular complexity index is 503. The van der Waals surface area contributed by atoms with E-state index in [4.69, 9.17) is 9.31 Å². The normalized spacial score (nSPS) is 27.7. The highest BCUT2D eigenvalue weighted by Crippen LogP contribution is 2.37. The fraction of sp³-hybridized carbons (Fsp3) is 0.533.